The van der Waals surface area contributed by atoms with E-state index in [9.17, 15) is 14.0 Å². The maximum absolute atomic E-state index is 12.8. The van der Waals surface area contributed by atoms with E-state index in [2.05, 4.69) is 10.3 Å². The lowest BCUT2D eigenvalue weighted by molar-refractivity contribution is -0.147. The topological polar surface area (TPSA) is 68.3 Å². The Balaban J connectivity index is 1.43. The number of carbonyl (C=O) groups is 2. The van der Waals surface area contributed by atoms with Gasteiger partial charge in [0.25, 0.3) is 5.91 Å². The van der Waals surface area contributed by atoms with Crippen LogP contribution in [0.5, 0.6) is 0 Å². The third-order valence-corrected chi connectivity index (χ3v) is 4.06. The average molecular weight is 366 g/mol. The number of hydrogen-bond acceptors (Lipinski definition) is 4. The van der Waals surface area contributed by atoms with E-state index in [-0.39, 0.29) is 24.8 Å². The monoisotopic (exact) mass is 366 g/mol. The minimum absolute atomic E-state index is 0.0528. The molecule has 0 atom stereocenters. The first-order valence-corrected chi connectivity index (χ1v) is 8.61. The van der Waals surface area contributed by atoms with Gasteiger partial charge in [0.2, 0.25) is 0 Å². The van der Waals surface area contributed by atoms with Crippen LogP contribution in [0.4, 0.5) is 4.39 Å². The predicted molar refractivity (Wildman–Crippen MR) is 99.5 cm³/mol. The van der Waals surface area contributed by atoms with Crippen molar-refractivity contribution in [3.05, 3.63) is 77.7 Å². The van der Waals surface area contributed by atoms with Gasteiger partial charge < -0.3 is 10.1 Å². The molecule has 0 spiro atoms. The number of para-hydroxylation sites is 1. The van der Waals surface area contributed by atoms with Gasteiger partial charge in [0.15, 0.2) is 6.61 Å². The summed E-state index contributed by atoms with van der Waals surface area (Å²) in [5, 5.41) is 3.62. The molecule has 0 unspecified atom stereocenters. The molecule has 5 nitrogen and oxygen atoms in total. The van der Waals surface area contributed by atoms with E-state index in [1.807, 2.05) is 30.3 Å². The summed E-state index contributed by atoms with van der Waals surface area (Å²) in [6, 6.07) is 15.4. The minimum Gasteiger partial charge on any atom is -0.455 e. The molecular formula is C21H19FN2O3. The molecule has 138 valence electrons. The molecule has 1 amide bonds. The lowest BCUT2D eigenvalue weighted by Gasteiger charge is -2.08. The SMILES string of the molecule is O=C(COC(=O)Cc1cccc2cccnc12)NCCc1ccc(F)cc1. The number of carbonyl (C=O) groups excluding carboxylic acids is 2. The largest absolute Gasteiger partial charge is 0.455 e. The summed E-state index contributed by atoms with van der Waals surface area (Å²) in [7, 11) is 0. The van der Waals surface area contributed by atoms with Gasteiger partial charge in [-0.05, 0) is 35.7 Å². The van der Waals surface area contributed by atoms with Crippen molar-refractivity contribution in [2.75, 3.05) is 13.2 Å². The van der Waals surface area contributed by atoms with Crippen LogP contribution in [0.25, 0.3) is 10.9 Å². The summed E-state index contributed by atoms with van der Waals surface area (Å²) < 4.78 is 17.9. The Bertz CT molecular complexity index is 936. The number of pyridine rings is 1. The van der Waals surface area contributed by atoms with Crippen molar-refractivity contribution in [1.29, 1.82) is 0 Å². The zero-order chi connectivity index (χ0) is 19.1. The van der Waals surface area contributed by atoms with Crippen molar-refractivity contribution in [2.24, 2.45) is 0 Å². The number of benzene rings is 2. The molecule has 1 aromatic heterocycles. The minimum atomic E-state index is -0.484. The van der Waals surface area contributed by atoms with Crippen LogP contribution in [0.3, 0.4) is 0 Å². The highest BCUT2D eigenvalue weighted by Crippen LogP contribution is 2.16. The highest BCUT2D eigenvalue weighted by atomic mass is 19.1. The molecule has 2 aromatic carbocycles. The third kappa shape index (κ3) is 5.34. The molecule has 0 aliphatic heterocycles. The van der Waals surface area contributed by atoms with E-state index in [1.165, 1.54) is 12.1 Å². The summed E-state index contributed by atoms with van der Waals surface area (Å²) in [5.74, 6) is -1.15. The molecule has 0 bridgehead atoms. The second-order valence-corrected chi connectivity index (χ2v) is 6.06. The fourth-order valence-electron chi connectivity index (χ4n) is 2.71. The number of fused-ring (bicyclic) bond motifs is 1. The van der Waals surface area contributed by atoms with Gasteiger partial charge in [-0.2, -0.15) is 0 Å². The molecular weight excluding hydrogens is 347 g/mol. The number of hydrogen-bond donors (Lipinski definition) is 1. The first kappa shape index (κ1) is 18.5. The summed E-state index contributed by atoms with van der Waals surface area (Å²) in [6.07, 6.45) is 2.30. The normalized spacial score (nSPS) is 10.6. The van der Waals surface area contributed by atoms with Gasteiger partial charge in [0, 0.05) is 18.1 Å². The highest BCUT2D eigenvalue weighted by Gasteiger charge is 2.11. The predicted octanol–water partition coefficient (Wildman–Crippen LogP) is 2.82. The van der Waals surface area contributed by atoms with E-state index in [0.717, 1.165) is 22.0 Å². The van der Waals surface area contributed by atoms with Gasteiger partial charge >= 0.3 is 5.97 Å². The van der Waals surface area contributed by atoms with Gasteiger partial charge in [-0.3, -0.25) is 14.6 Å². The maximum atomic E-state index is 12.8. The maximum Gasteiger partial charge on any atom is 0.310 e. The van der Waals surface area contributed by atoms with Gasteiger partial charge in [0.1, 0.15) is 5.82 Å². The van der Waals surface area contributed by atoms with Crippen LogP contribution < -0.4 is 5.32 Å². The fraction of sp³-hybridized carbons (Fsp3) is 0.190. The van der Waals surface area contributed by atoms with E-state index in [4.69, 9.17) is 4.74 Å². The fourth-order valence-corrected chi connectivity index (χ4v) is 2.71. The number of aromatic nitrogens is 1. The standard InChI is InChI=1S/C21H19FN2O3/c22-18-8-6-15(7-9-18)10-12-23-19(25)14-27-20(26)13-17-4-1-3-16-5-2-11-24-21(16)17/h1-9,11H,10,12-14H2,(H,23,25). The van der Waals surface area contributed by atoms with E-state index in [1.54, 1.807) is 18.3 Å². The molecule has 6 heteroatoms. The van der Waals surface area contributed by atoms with Crippen molar-refractivity contribution in [3.63, 3.8) is 0 Å². The highest BCUT2D eigenvalue weighted by molar-refractivity contribution is 5.86. The van der Waals surface area contributed by atoms with Crippen molar-refractivity contribution in [3.8, 4) is 0 Å². The summed E-state index contributed by atoms with van der Waals surface area (Å²) in [6.45, 7) is 0.0513. The van der Waals surface area contributed by atoms with E-state index < -0.39 is 5.97 Å². The number of ether oxygens (including phenoxy) is 1. The van der Waals surface area contributed by atoms with Gasteiger partial charge in [-0.25, -0.2) is 4.39 Å². The molecule has 27 heavy (non-hydrogen) atoms. The average Bonchev–Trinajstić information content (AvgIpc) is 2.68. The zero-order valence-electron chi connectivity index (χ0n) is 14.7. The van der Waals surface area contributed by atoms with Gasteiger partial charge in [-0.1, -0.05) is 36.4 Å². The molecule has 3 rings (SSSR count). The molecule has 1 heterocycles. The molecule has 0 aliphatic rings. The Kier molecular flexibility index (Phi) is 6.10. The Morgan fingerprint density at radius 3 is 2.63 bits per heavy atom. The molecule has 0 saturated heterocycles. The molecule has 0 aliphatic carbocycles. The van der Waals surface area contributed by atoms with Crippen LogP contribution in [0.1, 0.15) is 11.1 Å². The molecule has 0 saturated carbocycles. The zero-order valence-corrected chi connectivity index (χ0v) is 14.7. The van der Waals surface area contributed by atoms with E-state index in [0.29, 0.717) is 13.0 Å². The Morgan fingerprint density at radius 2 is 1.81 bits per heavy atom. The number of amides is 1. The number of nitrogens with one attached hydrogen (secondary N) is 1. The molecule has 3 aromatic rings. The van der Waals surface area contributed by atoms with Crippen LogP contribution in [-0.2, 0) is 27.2 Å². The second kappa shape index (κ2) is 8.89. The molecule has 0 fully saturated rings. The van der Waals surface area contributed by atoms with Crippen molar-refractivity contribution >= 4 is 22.8 Å². The van der Waals surface area contributed by atoms with Gasteiger partial charge in [0.05, 0.1) is 11.9 Å². The van der Waals surface area contributed by atoms with Crippen molar-refractivity contribution in [2.45, 2.75) is 12.8 Å². The molecule has 0 radical (unpaired) electrons. The van der Waals surface area contributed by atoms with Crippen molar-refractivity contribution in [1.82, 2.24) is 10.3 Å². The Hall–Kier alpha value is -3.28. The van der Waals surface area contributed by atoms with Crippen LogP contribution in [0.15, 0.2) is 60.8 Å². The smallest absolute Gasteiger partial charge is 0.310 e. The first-order chi connectivity index (χ1) is 13.1. The van der Waals surface area contributed by atoms with Gasteiger partial charge in [-0.15, -0.1) is 0 Å². The summed E-state index contributed by atoms with van der Waals surface area (Å²) in [5.41, 5.74) is 2.42. The van der Waals surface area contributed by atoms with Crippen LogP contribution in [0, 0.1) is 5.82 Å². The lowest BCUT2D eigenvalue weighted by atomic mass is 10.1. The number of nitrogens with zero attached hydrogens (tertiary/aromatic N) is 1. The number of esters is 1. The summed E-state index contributed by atoms with van der Waals surface area (Å²) >= 11 is 0. The quantitative estimate of drug-likeness (QED) is 0.653. The second-order valence-electron chi connectivity index (χ2n) is 6.06. The lowest BCUT2D eigenvalue weighted by Crippen LogP contribution is -2.30. The van der Waals surface area contributed by atoms with Crippen molar-refractivity contribution < 1.29 is 18.7 Å². The first-order valence-electron chi connectivity index (χ1n) is 8.61. The third-order valence-electron chi connectivity index (χ3n) is 4.06. The Morgan fingerprint density at radius 1 is 1.04 bits per heavy atom. The number of rotatable bonds is 7. The number of halogens is 1. The summed E-state index contributed by atoms with van der Waals surface area (Å²) in [4.78, 5) is 28.1. The van der Waals surface area contributed by atoms with Crippen LogP contribution >= 0.6 is 0 Å². The molecule has 1 N–H and O–H groups in total. The Labute approximate surface area is 156 Å². The van der Waals surface area contributed by atoms with Crippen LogP contribution in [0.2, 0.25) is 0 Å². The van der Waals surface area contributed by atoms with E-state index >= 15 is 0 Å². The van der Waals surface area contributed by atoms with Crippen LogP contribution in [-0.4, -0.2) is 30.0 Å².